The molecule has 0 unspecified atom stereocenters. The van der Waals surface area contributed by atoms with Crippen molar-refractivity contribution in [2.45, 2.75) is 46.1 Å². The van der Waals surface area contributed by atoms with E-state index in [2.05, 4.69) is 5.32 Å². The molecule has 132 valence electrons. The highest BCUT2D eigenvalue weighted by molar-refractivity contribution is 6.04. The van der Waals surface area contributed by atoms with E-state index in [0.717, 1.165) is 50.1 Å². The maximum Gasteiger partial charge on any atom is 0.237 e. The van der Waals surface area contributed by atoms with Gasteiger partial charge < -0.3 is 15.0 Å². The number of rotatable bonds is 5. The van der Waals surface area contributed by atoms with Gasteiger partial charge in [0.25, 0.3) is 0 Å². The Balaban J connectivity index is 2.00. The summed E-state index contributed by atoms with van der Waals surface area (Å²) in [7, 11) is 1.60. The monoisotopic (exact) mass is 332 g/mol. The number of carbonyl (C=O) groups excluding carboxylic acids is 2. The number of methoxy groups -OCH3 is 1. The first kappa shape index (κ1) is 18.3. The number of hydrogen-bond donors (Lipinski definition) is 1. The SMILES string of the molecule is COc1ccccc1CNC(=O)C(C)(C)C(=O)N1CCCCCC1. The van der Waals surface area contributed by atoms with E-state index in [4.69, 9.17) is 4.74 Å². The zero-order chi connectivity index (χ0) is 17.6. The number of para-hydroxylation sites is 1. The van der Waals surface area contributed by atoms with Crippen LogP contribution < -0.4 is 10.1 Å². The smallest absolute Gasteiger partial charge is 0.237 e. The molecule has 2 amide bonds. The second kappa shape index (κ2) is 8.18. The van der Waals surface area contributed by atoms with Crippen molar-refractivity contribution < 1.29 is 14.3 Å². The Morgan fingerprint density at radius 3 is 2.38 bits per heavy atom. The maximum atomic E-state index is 12.8. The molecule has 0 atom stereocenters. The normalized spacial score (nSPS) is 15.5. The van der Waals surface area contributed by atoms with Gasteiger partial charge in [0.1, 0.15) is 11.2 Å². The Morgan fingerprint density at radius 1 is 1.12 bits per heavy atom. The van der Waals surface area contributed by atoms with E-state index in [1.807, 2.05) is 29.2 Å². The number of carbonyl (C=O) groups is 2. The van der Waals surface area contributed by atoms with Crippen LogP contribution in [-0.4, -0.2) is 36.9 Å². The van der Waals surface area contributed by atoms with Crippen LogP contribution in [0.4, 0.5) is 0 Å². The minimum absolute atomic E-state index is 0.0815. The fourth-order valence-corrected chi connectivity index (χ4v) is 3.01. The largest absolute Gasteiger partial charge is 0.496 e. The summed E-state index contributed by atoms with van der Waals surface area (Å²) in [5.74, 6) is 0.402. The molecule has 2 rings (SSSR count). The van der Waals surface area contributed by atoms with Crippen molar-refractivity contribution in [2.75, 3.05) is 20.2 Å². The molecule has 0 bridgehead atoms. The van der Waals surface area contributed by atoms with Gasteiger partial charge in [0.05, 0.1) is 7.11 Å². The summed E-state index contributed by atoms with van der Waals surface area (Å²) in [6.45, 7) is 5.26. The van der Waals surface area contributed by atoms with Gasteiger partial charge in [-0.1, -0.05) is 31.0 Å². The molecule has 24 heavy (non-hydrogen) atoms. The average molecular weight is 332 g/mol. The molecule has 1 saturated heterocycles. The summed E-state index contributed by atoms with van der Waals surface area (Å²) in [5.41, 5.74) is -0.168. The Morgan fingerprint density at radius 2 is 1.75 bits per heavy atom. The van der Waals surface area contributed by atoms with Crippen molar-refractivity contribution in [3.05, 3.63) is 29.8 Å². The van der Waals surface area contributed by atoms with Crippen LogP contribution in [0.25, 0.3) is 0 Å². The number of benzene rings is 1. The molecule has 1 aliphatic heterocycles. The van der Waals surface area contributed by atoms with E-state index in [1.165, 1.54) is 0 Å². The predicted molar refractivity (Wildman–Crippen MR) is 93.7 cm³/mol. The van der Waals surface area contributed by atoms with Crippen molar-refractivity contribution in [3.63, 3.8) is 0 Å². The van der Waals surface area contributed by atoms with Gasteiger partial charge in [-0.25, -0.2) is 0 Å². The minimum Gasteiger partial charge on any atom is -0.496 e. The molecule has 0 radical (unpaired) electrons. The summed E-state index contributed by atoms with van der Waals surface area (Å²) in [5, 5.41) is 2.88. The molecule has 1 aromatic rings. The van der Waals surface area contributed by atoms with Crippen LogP contribution in [0, 0.1) is 5.41 Å². The summed E-state index contributed by atoms with van der Waals surface area (Å²) < 4.78 is 5.29. The molecule has 0 spiro atoms. The summed E-state index contributed by atoms with van der Waals surface area (Å²) in [6, 6.07) is 7.55. The molecule has 0 aliphatic carbocycles. The highest BCUT2D eigenvalue weighted by Crippen LogP contribution is 2.23. The minimum atomic E-state index is -1.06. The van der Waals surface area contributed by atoms with Crippen molar-refractivity contribution in [1.29, 1.82) is 0 Å². The van der Waals surface area contributed by atoms with Gasteiger partial charge in [0, 0.05) is 25.2 Å². The first-order chi connectivity index (χ1) is 11.5. The second-order valence-electron chi connectivity index (χ2n) is 6.83. The molecule has 1 heterocycles. The van der Waals surface area contributed by atoms with Gasteiger partial charge in [-0.3, -0.25) is 9.59 Å². The standard InChI is InChI=1S/C19H28N2O3/c1-19(2,18(23)21-12-8-4-5-9-13-21)17(22)20-14-15-10-6-7-11-16(15)24-3/h6-7,10-11H,4-5,8-9,12-14H2,1-3H3,(H,20,22). The summed E-state index contributed by atoms with van der Waals surface area (Å²) >= 11 is 0. The van der Waals surface area contributed by atoms with Gasteiger partial charge in [-0.05, 0) is 32.8 Å². The Hall–Kier alpha value is -2.04. The van der Waals surface area contributed by atoms with E-state index in [1.54, 1.807) is 21.0 Å². The number of hydrogen-bond acceptors (Lipinski definition) is 3. The third-order valence-electron chi connectivity index (χ3n) is 4.63. The molecular formula is C19H28N2O3. The van der Waals surface area contributed by atoms with Crippen LogP contribution in [0.5, 0.6) is 5.75 Å². The van der Waals surface area contributed by atoms with Gasteiger partial charge in [0.2, 0.25) is 11.8 Å². The second-order valence-corrected chi connectivity index (χ2v) is 6.83. The van der Waals surface area contributed by atoms with Crippen LogP contribution in [0.15, 0.2) is 24.3 Å². The molecule has 5 nitrogen and oxygen atoms in total. The molecule has 1 aromatic carbocycles. The number of nitrogens with zero attached hydrogens (tertiary/aromatic N) is 1. The molecule has 1 N–H and O–H groups in total. The fourth-order valence-electron chi connectivity index (χ4n) is 3.01. The lowest BCUT2D eigenvalue weighted by Gasteiger charge is -2.30. The van der Waals surface area contributed by atoms with E-state index < -0.39 is 5.41 Å². The van der Waals surface area contributed by atoms with Crippen LogP contribution in [-0.2, 0) is 16.1 Å². The molecular weight excluding hydrogens is 304 g/mol. The van der Waals surface area contributed by atoms with Crippen molar-refractivity contribution in [2.24, 2.45) is 5.41 Å². The summed E-state index contributed by atoms with van der Waals surface area (Å²) in [4.78, 5) is 27.2. The zero-order valence-electron chi connectivity index (χ0n) is 14.9. The lowest BCUT2D eigenvalue weighted by molar-refractivity contribution is -0.148. The van der Waals surface area contributed by atoms with Crippen molar-refractivity contribution in [1.82, 2.24) is 10.2 Å². The first-order valence-electron chi connectivity index (χ1n) is 8.66. The van der Waals surface area contributed by atoms with Gasteiger partial charge >= 0.3 is 0 Å². The molecule has 0 aromatic heterocycles. The van der Waals surface area contributed by atoms with Crippen LogP contribution in [0.3, 0.4) is 0 Å². The molecule has 0 saturated carbocycles. The number of nitrogens with one attached hydrogen (secondary N) is 1. The average Bonchev–Trinajstić information content (AvgIpc) is 2.88. The highest BCUT2D eigenvalue weighted by atomic mass is 16.5. The summed E-state index contributed by atoms with van der Waals surface area (Å²) in [6.07, 6.45) is 4.35. The molecule has 1 aliphatic rings. The highest BCUT2D eigenvalue weighted by Gasteiger charge is 2.39. The lowest BCUT2D eigenvalue weighted by Crippen LogP contribution is -2.49. The van der Waals surface area contributed by atoms with Gasteiger partial charge in [-0.15, -0.1) is 0 Å². The first-order valence-corrected chi connectivity index (χ1v) is 8.66. The van der Waals surface area contributed by atoms with Crippen LogP contribution >= 0.6 is 0 Å². The quantitative estimate of drug-likeness (QED) is 0.844. The van der Waals surface area contributed by atoms with Crippen LogP contribution in [0.1, 0.15) is 45.1 Å². The maximum absolute atomic E-state index is 12.8. The fraction of sp³-hybridized carbons (Fsp3) is 0.579. The van der Waals surface area contributed by atoms with E-state index in [9.17, 15) is 9.59 Å². The Kier molecular flexibility index (Phi) is 6.23. The predicted octanol–water partition coefficient (Wildman–Crippen LogP) is 2.74. The van der Waals surface area contributed by atoms with Crippen LogP contribution in [0.2, 0.25) is 0 Å². The van der Waals surface area contributed by atoms with Crippen molar-refractivity contribution in [3.8, 4) is 5.75 Å². The third kappa shape index (κ3) is 4.28. The van der Waals surface area contributed by atoms with Crippen molar-refractivity contribution >= 4 is 11.8 Å². The van der Waals surface area contributed by atoms with E-state index >= 15 is 0 Å². The number of likely N-dealkylation sites (tertiary alicyclic amines) is 1. The van der Waals surface area contributed by atoms with Gasteiger partial charge in [0.15, 0.2) is 0 Å². The van der Waals surface area contributed by atoms with E-state index in [-0.39, 0.29) is 11.8 Å². The van der Waals surface area contributed by atoms with E-state index in [0.29, 0.717) is 6.54 Å². The zero-order valence-corrected chi connectivity index (χ0v) is 14.9. The molecule has 1 fully saturated rings. The third-order valence-corrected chi connectivity index (χ3v) is 4.63. The topological polar surface area (TPSA) is 58.6 Å². The molecule has 5 heteroatoms. The number of amides is 2. The van der Waals surface area contributed by atoms with Gasteiger partial charge in [-0.2, -0.15) is 0 Å². The number of ether oxygens (including phenoxy) is 1. The Bertz CT molecular complexity index is 576. The Labute approximate surface area is 144 Å². The lowest BCUT2D eigenvalue weighted by atomic mass is 9.90.